The summed E-state index contributed by atoms with van der Waals surface area (Å²) in [5.74, 6) is 0. The van der Waals surface area contributed by atoms with E-state index in [2.05, 4.69) is 41.6 Å². The van der Waals surface area contributed by atoms with E-state index >= 15 is 0 Å². The number of para-hydroxylation sites is 1. The number of aromatic nitrogens is 1. The van der Waals surface area contributed by atoms with Crippen molar-refractivity contribution in [3.8, 4) is 0 Å². The Kier molecular flexibility index (Phi) is 4.29. The van der Waals surface area contributed by atoms with Crippen molar-refractivity contribution in [3.05, 3.63) is 36.0 Å². The fourth-order valence-corrected chi connectivity index (χ4v) is 3.14. The molecule has 0 radical (unpaired) electrons. The maximum absolute atomic E-state index is 9.52. The molecule has 1 aromatic heterocycles. The number of morpholine rings is 1. The summed E-state index contributed by atoms with van der Waals surface area (Å²) in [6.07, 6.45) is 2.27. The van der Waals surface area contributed by atoms with Gasteiger partial charge in [-0.1, -0.05) is 18.2 Å². The van der Waals surface area contributed by atoms with Gasteiger partial charge in [-0.25, -0.2) is 0 Å². The Morgan fingerprint density at radius 1 is 1.33 bits per heavy atom. The molecular weight excluding hydrogens is 264 g/mol. The molecule has 0 bridgehead atoms. The number of nitrogens with zero attached hydrogens (tertiary/aromatic N) is 2. The Labute approximate surface area is 125 Å². The van der Waals surface area contributed by atoms with Crippen LogP contribution in [0.4, 0.5) is 0 Å². The molecule has 1 N–H and O–H groups in total. The second kappa shape index (κ2) is 6.18. The summed E-state index contributed by atoms with van der Waals surface area (Å²) in [6.45, 7) is 8.17. The van der Waals surface area contributed by atoms with Crippen LogP contribution in [0.1, 0.15) is 19.4 Å². The monoisotopic (exact) mass is 288 g/mol. The van der Waals surface area contributed by atoms with Gasteiger partial charge in [-0.3, -0.25) is 4.90 Å². The molecule has 1 saturated heterocycles. The van der Waals surface area contributed by atoms with Gasteiger partial charge in [-0.05, 0) is 19.9 Å². The zero-order valence-electron chi connectivity index (χ0n) is 12.8. The van der Waals surface area contributed by atoms with E-state index in [4.69, 9.17) is 4.74 Å². The van der Waals surface area contributed by atoms with Gasteiger partial charge in [0.15, 0.2) is 0 Å². The fourth-order valence-electron chi connectivity index (χ4n) is 3.14. The van der Waals surface area contributed by atoms with Crippen LogP contribution in [0.5, 0.6) is 0 Å². The van der Waals surface area contributed by atoms with Gasteiger partial charge in [-0.2, -0.15) is 0 Å². The first kappa shape index (κ1) is 14.6. The minimum absolute atomic E-state index is 0.0805. The summed E-state index contributed by atoms with van der Waals surface area (Å²) < 4.78 is 8.15. The lowest BCUT2D eigenvalue weighted by Crippen LogP contribution is -2.47. The molecule has 0 aliphatic carbocycles. The van der Waals surface area contributed by atoms with E-state index < -0.39 is 0 Å². The number of benzene rings is 1. The maximum atomic E-state index is 9.52. The molecule has 2 heterocycles. The molecule has 0 saturated carbocycles. The van der Waals surface area contributed by atoms with Gasteiger partial charge < -0.3 is 14.4 Å². The lowest BCUT2D eigenvalue weighted by Gasteiger charge is -2.35. The number of aliphatic hydroxyl groups is 1. The summed E-state index contributed by atoms with van der Waals surface area (Å²) in [4.78, 5) is 2.47. The quantitative estimate of drug-likeness (QED) is 0.937. The molecule has 4 heteroatoms. The predicted molar refractivity (Wildman–Crippen MR) is 84.3 cm³/mol. The predicted octanol–water partition coefficient (Wildman–Crippen LogP) is 2.24. The third-order valence-electron chi connectivity index (χ3n) is 4.34. The van der Waals surface area contributed by atoms with Crippen molar-refractivity contribution >= 4 is 10.9 Å². The molecule has 1 unspecified atom stereocenters. The van der Waals surface area contributed by atoms with Crippen molar-refractivity contribution in [2.45, 2.75) is 39.1 Å². The molecule has 3 rings (SSSR count). The third kappa shape index (κ3) is 2.98. The zero-order chi connectivity index (χ0) is 14.8. The first-order valence-electron chi connectivity index (χ1n) is 7.72. The minimum atomic E-state index is 0.0805. The molecule has 1 aliphatic rings. The van der Waals surface area contributed by atoms with Crippen molar-refractivity contribution in [3.63, 3.8) is 0 Å². The Balaban J connectivity index is 1.81. The van der Waals surface area contributed by atoms with E-state index in [9.17, 15) is 5.11 Å². The van der Waals surface area contributed by atoms with Crippen molar-refractivity contribution in [1.82, 2.24) is 9.47 Å². The summed E-state index contributed by atoms with van der Waals surface area (Å²) in [5, 5.41) is 10.7. The highest BCUT2D eigenvalue weighted by Gasteiger charge is 2.23. The Morgan fingerprint density at radius 3 is 2.90 bits per heavy atom. The van der Waals surface area contributed by atoms with E-state index in [0.29, 0.717) is 6.04 Å². The van der Waals surface area contributed by atoms with Crippen LogP contribution >= 0.6 is 0 Å². The van der Waals surface area contributed by atoms with Crippen LogP contribution in [0, 0.1) is 0 Å². The van der Waals surface area contributed by atoms with E-state index in [1.807, 2.05) is 12.1 Å². The van der Waals surface area contributed by atoms with Gasteiger partial charge in [0.1, 0.15) is 0 Å². The Morgan fingerprint density at radius 2 is 2.14 bits per heavy atom. The molecule has 1 atom stereocenters. The van der Waals surface area contributed by atoms with Crippen LogP contribution in [0.25, 0.3) is 10.9 Å². The van der Waals surface area contributed by atoms with Crippen molar-refractivity contribution < 1.29 is 9.84 Å². The van der Waals surface area contributed by atoms with Crippen LogP contribution in [-0.2, 0) is 17.9 Å². The molecule has 114 valence electrons. The lowest BCUT2D eigenvalue weighted by atomic mass is 10.2. The number of hydrogen-bond acceptors (Lipinski definition) is 3. The van der Waals surface area contributed by atoms with E-state index in [0.717, 1.165) is 37.2 Å². The normalized spacial score (nSPS) is 20.5. The molecule has 21 heavy (non-hydrogen) atoms. The number of fused-ring (bicyclic) bond motifs is 1. The molecule has 1 fully saturated rings. The first-order chi connectivity index (χ1) is 10.2. The summed E-state index contributed by atoms with van der Waals surface area (Å²) in [7, 11) is 0. The second-order valence-corrected chi connectivity index (χ2v) is 6.06. The van der Waals surface area contributed by atoms with Crippen LogP contribution in [-0.4, -0.2) is 46.4 Å². The molecule has 0 amide bonds. The van der Waals surface area contributed by atoms with E-state index in [-0.39, 0.29) is 12.7 Å². The van der Waals surface area contributed by atoms with Gasteiger partial charge in [0.2, 0.25) is 0 Å². The smallest absolute Gasteiger partial charge is 0.0881 e. The molecule has 0 spiro atoms. The largest absolute Gasteiger partial charge is 0.392 e. The number of aliphatic hydroxyl groups excluding tert-OH is 1. The third-order valence-corrected chi connectivity index (χ3v) is 4.34. The Hall–Kier alpha value is -1.36. The number of ether oxygens (including phenoxy) is 1. The Bertz CT molecular complexity index is 606. The van der Waals surface area contributed by atoms with Crippen LogP contribution < -0.4 is 0 Å². The van der Waals surface area contributed by atoms with Crippen LogP contribution in [0.2, 0.25) is 0 Å². The number of rotatable bonds is 4. The highest BCUT2D eigenvalue weighted by atomic mass is 16.5. The van der Waals surface area contributed by atoms with Gasteiger partial charge in [0.05, 0.1) is 25.9 Å². The standard InChI is InChI=1S/C17H24N2O2/c1-13(2)18-7-8-21-15(10-18)11-19-9-14(12-20)16-5-3-4-6-17(16)19/h3-6,9,13,15,20H,7-8,10-12H2,1-2H3. The van der Waals surface area contributed by atoms with Gasteiger partial charge in [0, 0.05) is 41.8 Å². The molecule has 1 aromatic carbocycles. The van der Waals surface area contributed by atoms with Crippen molar-refractivity contribution in [1.29, 1.82) is 0 Å². The topological polar surface area (TPSA) is 37.6 Å². The summed E-state index contributed by atoms with van der Waals surface area (Å²) >= 11 is 0. The van der Waals surface area contributed by atoms with Crippen molar-refractivity contribution in [2.75, 3.05) is 19.7 Å². The molecule has 2 aromatic rings. The van der Waals surface area contributed by atoms with Crippen molar-refractivity contribution in [2.24, 2.45) is 0 Å². The average Bonchev–Trinajstić information content (AvgIpc) is 2.86. The SMILES string of the molecule is CC(C)N1CCOC(Cn2cc(CO)c3ccccc32)C1. The van der Waals surface area contributed by atoms with Gasteiger partial charge in [0.25, 0.3) is 0 Å². The van der Waals surface area contributed by atoms with E-state index in [1.54, 1.807) is 0 Å². The molecular formula is C17H24N2O2. The highest BCUT2D eigenvalue weighted by Crippen LogP contribution is 2.22. The molecule has 4 nitrogen and oxygen atoms in total. The summed E-state index contributed by atoms with van der Waals surface area (Å²) in [5.41, 5.74) is 2.16. The van der Waals surface area contributed by atoms with Gasteiger partial charge >= 0.3 is 0 Å². The maximum Gasteiger partial charge on any atom is 0.0881 e. The fraction of sp³-hybridized carbons (Fsp3) is 0.529. The highest BCUT2D eigenvalue weighted by molar-refractivity contribution is 5.83. The zero-order valence-corrected chi connectivity index (χ0v) is 12.8. The van der Waals surface area contributed by atoms with Crippen LogP contribution in [0.3, 0.4) is 0 Å². The first-order valence-corrected chi connectivity index (χ1v) is 7.72. The second-order valence-electron chi connectivity index (χ2n) is 6.06. The summed E-state index contributed by atoms with van der Waals surface area (Å²) in [6, 6.07) is 8.80. The lowest BCUT2D eigenvalue weighted by molar-refractivity contribution is -0.0451. The average molecular weight is 288 g/mol. The number of hydrogen-bond donors (Lipinski definition) is 1. The van der Waals surface area contributed by atoms with Crippen LogP contribution in [0.15, 0.2) is 30.5 Å². The minimum Gasteiger partial charge on any atom is -0.392 e. The molecule has 1 aliphatic heterocycles. The van der Waals surface area contributed by atoms with E-state index in [1.165, 1.54) is 5.52 Å². The van der Waals surface area contributed by atoms with Gasteiger partial charge in [-0.15, -0.1) is 0 Å².